The van der Waals surface area contributed by atoms with Crippen LogP contribution in [0.4, 0.5) is 5.95 Å². The number of carbonyl (C=O) groups excluding carboxylic acids is 1. The predicted molar refractivity (Wildman–Crippen MR) is 118 cm³/mol. The number of aromatic nitrogens is 4. The van der Waals surface area contributed by atoms with Crippen molar-refractivity contribution in [3.05, 3.63) is 59.8 Å². The first kappa shape index (κ1) is 20.5. The highest BCUT2D eigenvalue weighted by Gasteiger charge is 2.23. The number of allylic oxidation sites excluding steroid dienone is 1. The SMILES string of the molecule is C=CCn1c(C)cc(C(=O)CSc2nnc(N3CCCC3)n2Cc2ccco2)c1C. The maximum Gasteiger partial charge on any atom is 0.228 e. The van der Waals surface area contributed by atoms with Crippen LogP contribution in [0.5, 0.6) is 0 Å². The Labute approximate surface area is 180 Å². The summed E-state index contributed by atoms with van der Waals surface area (Å²) in [5.74, 6) is 2.10. The summed E-state index contributed by atoms with van der Waals surface area (Å²) >= 11 is 1.43. The van der Waals surface area contributed by atoms with E-state index in [9.17, 15) is 4.79 Å². The molecule has 0 N–H and O–H groups in total. The number of nitrogens with zero attached hydrogens (tertiary/aromatic N) is 5. The second kappa shape index (κ2) is 8.95. The Bertz CT molecular complexity index is 1030. The van der Waals surface area contributed by atoms with E-state index in [4.69, 9.17) is 4.42 Å². The molecule has 0 unspecified atom stereocenters. The Morgan fingerprint density at radius 1 is 1.27 bits per heavy atom. The molecule has 0 radical (unpaired) electrons. The molecule has 8 heteroatoms. The number of thioether (sulfide) groups is 1. The van der Waals surface area contributed by atoms with Gasteiger partial charge in [0, 0.05) is 36.6 Å². The fourth-order valence-corrected chi connectivity index (χ4v) is 4.75. The molecule has 0 amide bonds. The molecule has 1 aliphatic heterocycles. The molecule has 0 aromatic carbocycles. The van der Waals surface area contributed by atoms with E-state index < -0.39 is 0 Å². The quantitative estimate of drug-likeness (QED) is 0.292. The van der Waals surface area contributed by atoms with Gasteiger partial charge in [-0.15, -0.1) is 16.8 Å². The molecular weight excluding hydrogens is 398 g/mol. The maximum absolute atomic E-state index is 13.0. The second-order valence-electron chi connectivity index (χ2n) is 7.54. The van der Waals surface area contributed by atoms with Gasteiger partial charge in [-0.3, -0.25) is 9.36 Å². The number of furan rings is 1. The van der Waals surface area contributed by atoms with Gasteiger partial charge in [-0.2, -0.15) is 0 Å². The van der Waals surface area contributed by atoms with Crippen molar-refractivity contribution in [1.82, 2.24) is 19.3 Å². The molecule has 4 heterocycles. The van der Waals surface area contributed by atoms with Crippen LogP contribution in [0.15, 0.2) is 46.7 Å². The number of hydrogen-bond acceptors (Lipinski definition) is 6. The molecule has 158 valence electrons. The van der Waals surface area contributed by atoms with E-state index in [1.165, 1.54) is 11.8 Å². The molecule has 4 rings (SSSR count). The van der Waals surface area contributed by atoms with Crippen LogP contribution in [-0.2, 0) is 13.1 Å². The Morgan fingerprint density at radius 2 is 2.07 bits per heavy atom. The smallest absolute Gasteiger partial charge is 0.228 e. The van der Waals surface area contributed by atoms with E-state index in [-0.39, 0.29) is 5.78 Å². The van der Waals surface area contributed by atoms with E-state index in [1.807, 2.05) is 38.1 Å². The first-order chi connectivity index (χ1) is 14.6. The minimum atomic E-state index is 0.0960. The second-order valence-corrected chi connectivity index (χ2v) is 8.48. The van der Waals surface area contributed by atoms with Crippen LogP contribution in [0.3, 0.4) is 0 Å². The Balaban J connectivity index is 1.53. The topological polar surface area (TPSA) is 69.1 Å². The first-order valence-corrected chi connectivity index (χ1v) is 11.2. The van der Waals surface area contributed by atoms with E-state index in [0.29, 0.717) is 18.8 Å². The van der Waals surface area contributed by atoms with Crippen molar-refractivity contribution in [2.24, 2.45) is 0 Å². The molecule has 3 aromatic heterocycles. The molecule has 7 nitrogen and oxygen atoms in total. The zero-order chi connectivity index (χ0) is 21.1. The summed E-state index contributed by atoms with van der Waals surface area (Å²) in [6, 6.07) is 5.79. The molecule has 1 aliphatic rings. The molecule has 1 fully saturated rings. The normalized spacial score (nSPS) is 13.9. The standard InChI is InChI=1S/C22H27N5O2S/c1-4-9-26-16(2)13-19(17(26)3)20(28)15-30-22-24-23-21(25-10-5-6-11-25)27(22)14-18-8-7-12-29-18/h4,7-8,12-13H,1,5-6,9-11,14-15H2,2-3H3. The van der Waals surface area contributed by atoms with Gasteiger partial charge in [-0.1, -0.05) is 17.8 Å². The van der Waals surface area contributed by atoms with E-state index in [1.54, 1.807) is 6.26 Å². The van der Waals surface area contributed by atoms with E-state index >= 15 is 0 Å². The third-order valence-electron chi connectivity index (χ3n) is 5.50. The zero-order valence-electron chi connectivity index (χ0n) is 17.5. The number of rotatable bonds is 9. The van der Waals surface area contributed by atoms with Gasteiger partial charge in [-0.25, -0.2) is 0 Å². The average molecular weight is 426 g/mol. The van der Waals surface area contributed by atoms with Crippen molar-refractivity contribution in [2.45, 2.75) is 44.9 Å². The number of carbonyl (C=O) groups is 1. The lowest BCUT2D eigenvalue weighted by Gasteiger charge is -2.17. The van der Waals surface area contributed by atoms with E-state index in [0.717, 1.165) is 59.7 Å². The van der Waals surface area contributed by atoms with Crippen LogP contribution in [0, 0.1) is 13.8 Å². The fraction of sp³-hybridized carbons (Fsp3) is 0.409. The lowest BCUT2D eigenvalue weighted by Crippen LogP contribution is -2.22. The molecule has 0 aliphatic carbocycles. The number of aryl methyl sites for hydroxylation is 1. The maximum atomic E-state index is 13.0. The summed E-state index contributed by atoms with van der Waals surface area (Å²) in [5, 5.41) is 9.58. The first-order valence-electron chi connectivity index (χ1n) is 10.2. The van der Waals surface area contributed by atoms with Crippen molar-refractivity contribution in [1.29, 1.82) is 0 Å². The minimum Gasteiger partial charge on any atom is -0.467 e. The van der Waals surface area contributed by atoms with Gasteiger partial charge in [0.15, 0.2) is 10.9 Å². The number of ketones is 1. The number of anilines is 1. The third kappa shape index (κ3) is 4.09. The molecule has 0 bridgehead atoms. The summed E-state index contributed by atoms with van der Waals surface area (Å²) in [4.78, 5) is 15.2. The van der Waals surface area contributed by atoms with Crippen LogP contribution < -0.4 is 4.90 Å². The van der Waals surface area contributed by atoms with E-state index in [2.05, 4.69) is 30.8 Å². The summed E-state index contributed by atoms with van der Waals surface area (Å²) < 4.78 is 9.71. The van der Waals surface area contributed by atoms with Gasteiger partial charge in [0.1, 0.15) is 5.76 Å². The lowest BCUT2D eigenvalue weighted by molar-refractivity contribution is 0.102. The summed E-state index contributed by atoms with van der Waals surface area (Å²) in [5.41, 5.74) is 2.81. The summed E-state index contributed by atoms with van der Waals surface area (Å²) in [7, 11) is 0. The van der Waals surface area contributed by atoms with Gasteiger partial charge in [0.05, 0.1) is 18.6 Å². The van der Waals surface area contributed by atoms with Gasteiger partial charge in [-0.05, 0) is 44.9 Å². The molecule has 3 aromatic rings. The monoisotopic (exact) mass is 425 g/mol. The number of Topliss-reactive ketones (excluding diaryl/α,β-unsaturated/α-hetero) is 1. The van der Waals surface area contributed by atoms with Crippen molar-refractivity contribution in [2.75, 3.05) is 23.7 Å². The average Bonchev–Trinajstić information content (AvgIpc) is 3.52. The van der Waals surface area contributed by atoms with Crippen LogP contribution in [0.1, 0.15) is 40.3 Å². The van der Waals surface area contributed by atoms with Crippen molar-refractivity contribution >= 4 is 23.5 Å². The highest BCUT2D eigenvalue weighted by atomic mass is 32.2. The van der Waals surface area contributed by atoms with Crippen LogP contribution in [0.25, 0.3) is 0 Å². The molecule has 30 heavy (non-hydrogen) atoms. The Kier molecular flexibility index (Phi) is 6.13. The van der Waals surface area contributed by atoms with Gasteiger partial charge < -0.3 is 13.9 Å². The Morgan fingerprint density at radius 3 is 2.77 bits per heavy atom. The molecule has 1 saturated heterocycles. The van der Waals surface area contributed by atoms with Gasteiger partial charge in [0.25, 0.3) is 0 Å². The number of hydrogen-bond donors (Lipinski definition) is 0. The summed E-state index contributed by atoms with van der Waals surface area (Å²) in [6.07, 6.45) is 5.84. The lowest BCUT2D eigenvalue weighted by atomic mass is 10.2. The van der Waals surface area contributed by atoms with Crippen LogP contribution in [0.2, 0.25) is 0 Å². The van der Waals surface area contributed by atoms with Crippen LogP contribution in [-0.4, -0.2) is 44.0 Å². The highest BCUT2D eigenvalue weighted by molar-refractivity contribution is 7.99. The predicted octanol–water partition coefficient (Wildman–Crippen LogP) is 4.10. The van der Waals surface area contributed by atoms with Gasteiger partial charge in [0.2, 0.25) is 5.95 Å². The third-order valence-corrected chi connectivity index (χ3v) is 6.47. The van der Waals surface area contributed by atoms with Crippen molar-refractivity contribution < 1.29 is 9.21 Å². The molecule has 0 saturated carbocycles. The van der Waals surface area contributed by atoms with Crippen LogP contribution >= 0.6 is 11.8 Å². The molecular formula is C22H27N5O2S. The largest absolute Gasteiger partial charge is 0.467 e. The van der Waals surface area contributed by atoms with Crippen molar-refractivity contribution in [3.63, 3.8) is 0 Å². The fourth-order valence-electron chi connectivity index (χ4n) is 3.94. The summed E-state index contributed by atoms with van der Waals surface area (Å²) in [6.45, 7) is 11.0. The Hall–Kier alpha value is -2.74. The van der Waals surface area contributed by atoms with Gasteiger partial charge >= 0.3 is 0 Å². The highest BCUT2D eigenvalue weighted by Crippen LogP contribution is 2.27. The molecule has 0 atom stereocenters. The molecule has 0 spiro atoms. The minimum absolute atomic E-state index is 0.0960. The van der Waals surface area contributed by atoms with Crippen molar-refractivity contribution in [3.8, 4) is 0 Å². The zero-order valence-corrected chi connectivity index (χ0v) is 18.3.